The van der Waals surface area contributed by atoms with Gasteiger partial charge < -0.3 is 19.3 Å². The summed E-state index contributed by atoms with van der Waals surface area (Å²) in [4.78, 5) is 23.3. The van der Waals surface area contributed by atoms with Gasteiger partial charge in [-0.15, -0.1) is 0 Å². The fourth-order valence-electron chi connectivity index (χ4n) is 2.06. The maximum absolute atomic E-state index is 11.9. The Morgan fingerprint density at radius 3 is 2.41 bits per heavy atom. The van der Waals surface area contributed by atoms with Crippen molar-refractivity contribution in [2.75, 3.05) is 14.2 Å². The summed E-state index contributed by atoms with van der Waals surface area (Å²) in [6.07, 6.45) is 0. The molecular weight excluding hydrogens is 403 g/mol. The first-order valence-electron chi connectivity index (χ1n) is 6.19. The van der Waals surface area contributed by atoms with Gasteiger partial charge in [0.2, 0.25) is 0 Å². The number of benzene rings is 2. The van der Waals surface area contributed by atoms with Crippen molar-refractivity contribution >= 4 is 45.3 Å². The quantitative estimate of drug-likeness (QED) is 0.471. The molecule has 0 aliphatic heterocycles. The minimum absolute atomic E-state index is 0.0518. The average Bonchev–Trinajstić information content (AvgIpc) is 2.45. The molecule has 0 atom stereocenters. The Morgan fingerprint density at radius 2 is 1.86 bits per heavy atom. The second-order valence-corrected chi connectivity index (χ2v) is 5.56. The molecule has 2 aromatic rings. The van der Waals surface area contributed by atoms with Crippen molar-refractivity contribution < 1.29 is 28.9 Å². The zero-order valence-electron chi connectivity index (χ0n) is 12.1. The van der Waals surface area contributed by atoms with Crippen LogP contribution >= 0.6 is 22.6 Å². The zero-order chi connectivity index (χ0) is 16.4. The molecule has 2 rings (SSSR count). The highest BCUT2D eigenvalue weighted by atomic mass is 127. The molecular formula is C15H13IO6. The van der Waals surface area contributed by atoms with Gasteiger partial charge >= 0.3 is 11.9 Å². The van der Waals surface area contributed by atoms with E-state index in [0.717, 1.165) is 3.57 Å². The molecule has 0 bridgehead atoms. The number of esters is 2. The summed E-state index contributed by atoms with van der Waals surface area (Å²) in [7, 11) is 2.69. The van der Waals surface area contributed by atoms with Crippen molar-refractivity contribution in [3.05, 3.63) is 27.3 Å². The van der Waals surface area contributed by atoms with Crippen LogP contribution < -0.4 is 9.47 Å². The molecule has 0 saturated heterocycles. The number of methoxy groups -OCH3 is 2. The summed E-state index contributed by atoms with van der Waals surface area (Å²) in [6.45, 7) is 1.21. The minimum Gasteiger partial charge on any atom is -0.507 e. The highest BCUT2D eigenvalue weighted by Crippen LogP contribution is 2.40. The third-order valence-electron chi connectivity index (χ3n) is 2.98. The number of aromatic hydroxyl groups is 1. The predicted molar refractivity (Wildman–Crippen MR) is 87.5 cm³/mol. The van der Waals surface area contributed by atoms with Crippen molar-refractivity contribution in [1.29, 1.82) is 0 Å². The number of fused-ring (bicyclic) bond motifs is 1. The molecule has 0 unspecified atom stereocenters. The van der Waals surface area contributed by atoms with Crippen LogP contribution in [0.5, 0.6) is 17.2 Å². The zero-order valence-corrected chi connectivity index (χ0v) is 14.3. The molecule has 0 heterocycles. The number of phenolic OH excluding ortho intramolecular Hbond substituents is 1. The van der Waals surface area contributed by atoms with Crippen LogP contribution in [-0.2, 0) is 9.53 Å². The Labute approximate surface area is 140 Å². The maximum Gasteiger partial charge on any atom is 0.345 e. The Morgan fingerprint density at radius 1 is 1.18 bits per heavy atom. The van der Waals surface area contributed by atoms with Crippen LogP contribution in [0.3, 0.4) is 0 Å². The van der Waals surface area contributed by atoms with Crippen molar-refractivity contribution in [3.63, 3.8) is 0 Å². The number of carbonyl (C=O) groups excluding carboxylic acids is 2. The summed E-state index contributed by atoms with van der Waals surface area (Å²) in [5.41, 5.74) is -0.200. The SMILES string of the molecule is COC(=O)c1c(O)cc2cc(I)c(OC)cc2c1OC(C)=O. The van der Waals surface area contributed by atoms with Gasteiger partial charge in [-0.2, -0.15) is 0 Å². The van der Waals surface area contributed by atoms with Gasteiger partial charge in [-0.3, -0.25) is 4.79 Å². The van der Waals surface area contributed by atoms with Crippen LogP contribution in [0.1, 0.15) is 17.3 Å². The van der Waals surface area contributed by atoms with Gasteiger partial charge in [-0.1, -0.05) is 0 Å². The lowest BCUT2D eigenvalue weighted by Gasteiger charge is -2.14. The number of hydrogen-bond donors (Lipinski definition) is 1. The van der Waals surface area contributed by atoms with Crippen molar-refractivity contribution in [2.45, 2.75) is 6.92 Å². The van der Waals surface area contributed by atoms with Crippen molar-refractivity contribution in [2.24, 2.45) is 0 Å². The highest BCUT2D eigenvalue weighted by Gasteiger charge is 2.24. The minimum atomic E-state index is -0.798. The molecule has 7 heteroatoms. The second kappa shape index (κ2) is 6.39. The molecule has 0 aliphatic carbocycles. The molecule has 0 fully saturated rings. The van der Waals surface area contributed by atoms with E-state index >= 15 is 0 Å². The first-order valence-corrected chi connectivity index (χ1v) is 7.26. The van der Waals surface area contributed by atoms with Crippen LogP contribution in [-0.4, -0.2) is 31.3 Å². The number of phenols is 1. The molecule has 0 radical (unpaired) electrons. The largest absolute Gasteiger partial charge is 0.507 e. The van der Waals surface area contributed by atoms with Gasteiger partial charge in [0.05, 0.1) is 17.8 Å². The topological polar surface area (TPSA) is 82.1 Å². The van der Waals surface area contributed by atoms with Gasteiger partial charge in [-0.25, -0.2) is 4.79 Å². The second-order valence-electron chi connectivity index (χ2n) is 4.39. The molecule has 22 heavy (non-hydrogen) atoms. The van der Waals surface area contributed by atoms with Gasteiger partial charge in [0.1, 0.15) is 17.1 Å². The number of rotatable bonds is 3. The van der Waals surface area contributed by atoms with E-state index in [1.165, 1.54) is 27.2 Å². The molecule has 0 aromatic heterocycles. The Balaban J connectivity index is 2.88. The normalized spacial score (nSPS) is 10.4. The van der Waals surface area contributed by atoms with Gasteiger partial charge in [-0.05, 0) is 46.2 Å². The van der Waals surface area contributed by atoms with Gasteiger partial charge in [0.25, 0.3) is 0 Å². The molecule has 2 aromatic carbocycles. The Bertz CT molecular complexity index is 768. The number of hydrogen-bond acceptors (Lipinski definition) is 6. The summed E-state index contributed by atoms with van der Waals surface area (Å²) in [6, 6.07) is 4.81. The fourth-order valence-corrected chi connectivity index (χ4v) is 2.77. The Hall–Kier alpha value is -2.03. The van der Waals surface area contributed by atoms with E-state index in [2.05, 4.69) is 27.3 Å². The van der Waals surface area contributed by atoms with Crippen LogP contribution in [0.2, 0.25) is 0 Å². The summed E-state index contributed by atoms with van der Waals surface area (Å²) in [5, 5.41) is 11.2. The number of halogens is 1. The standard InChI is InChI=1S/C15H13IO6/c1-7(17)22-14-9-6-12(20-2)10(16)4-8(9)5-11(18)13(14)15(19)21-3/h4-6,18H,1-3H3. The third-order valence-corrected chi connectivity index (χ3v) is 3.82. The van der Waals surface area contributed by atoms with E-state index in [1.54, 1.807) is 12.1 Å². The third kappa shape index (κ3) is 2.94. The van der Waals surface area contributed by atoms with E-state index in [4.69, 9.17) is 9.47 Å². The van der Waals surface area contributed by atoms with E-state index in [9.17, 15) is 14.7 Å². The van der Waals surface area contributed by atoms with Crippen LogP contribution in [0.25, 0.3) is 10.8 Å². The molecule has 1 N–H and O–H groups in total. The van der Waals surface area contributed by atoms with Crippen molar-refractivity contribution in [1.82, 2.24) is 0 Å². The highest BCUT2D eigenvalue weighted by molar-refractivity contribution is 14.1. The van der Waals surface area contributed by atoms with E-state index in [0.29, 0.717) is 16.5 Å². The van der Waals surface area contributed by atoms with Crippen LogP contribution in [0.15, 0.2) is 18.2 Å². The smallest absolute Gasteiger partial charge is 0.345 e. The summed E-state index contributed by atoms with van der Waals surface area (Å²) < 4.78 is 15.8. The molecule has 6 nitrogen and oxygen atoms in total. The van der Waals surface area contributed by atoms with Crippen LogP contribution in [0.4, 0.5) is 0 Å². The lowest BCUT2D eigenvalue weighted by Crippen LogP contribution is -2.10. The maximum atomic E-state index is 11.9. The molecule has 0 spiro atoms. The number of carbonyl (C=O) groups is 2. The predicted octanol–water partition coefficient (Wildman–Crippen LogP) is 2.87. The average molecular weight is 416 g/mol. The first-order chi connectivity index (χ1) is 10.4. The lowest BCUT2D eigenvalue weighted by atomic mass is 10.0. The lowest BCUT2D eigenvalue weighted by molar-refractivity contribution is -0.131. The Kier molecular flexibility index (Phi) is 4.74. The summed E-state index contributed by atoms with van der Waals surface area (Å²) >= 11 is 2.08. The van der Waals surface area contributed by atoms with Gasteiger partial charge in [0, 0.05) is 12.3 Å². The van der Waals surface area contributed by atoms with Crippen molar-refractivity contribution in [3.8, 4) is 17.2 Å². The number of ether oxygens (including phenoxy) is 3. The van der Waals surface area contributed by atoms with E-state index < -0.39 is 11.9 Å². The van der Waals surface area contributed by atoms with E-state index in [1.807, 2.05) is 0 Å². The molecule has 0 amide bonds. The fraction of sp³-hybridized carbons (Fsp3) is 0.200. The van der Waals surface area contributed by atoms with E-state index in [-0.39, 0.29) is 17.1 Å². The first kappa shape index (κ1) is 16.3. The van der Waals surface area contributed by atoms with Crippen LogP contribution in [0, 0.1) is 3.57 Å². The monoisotopic (exact) mass is 416 g/mol. The molecule has 0 aliphatic rings. The molecule has 0 saturated carbocycles. The van der Waals surface area contributed by atoms with Gasteiger partial charge in [0.15, 0.2) is 5.75 Å². The summed E-state index contributed by atoms with van der Waals surface area (Å²) in [5.74, 6) is -1.23. The molecule has 116 valence electrons.